The summed E-state index contributed by atoms with van der Waals surface area (Å²) < 4.78 is 1.66. The van der Waals surface area contributed by atoms with E-state index in [1.165, 1.54) is 0 Å². The molecule has 0 atom stereocenters. The summed E-state index contributed by atoms with van der Waals surface area (Å²) in [5.41, 5.74) is 1.51. The molecular formula is C14H12N4O2. The summed E-state index contributed by atoms with van der Waals surface area (Å²) in [6.07, 6.45) is 4.95. The number of imidazole rings is 1. The Morgan fingerprint density at radius 3 is 3.00 bits per heavy atom. The molecule has 3 aromatic rings. The van der Waals surface area contributed by atoms with E-state index >= 15 is 0 Å². The minimum absolute atomic E-state index is 0.0280. The van der Waals surface area contributed by atoms with Crippen LogP contribution in [0.1, 0.15) is 16.1 Å². The van der Waals surface area contributed by atoms with E-state index in [2.05, 4.69) is 15.3 Å². The zero-order valence-corrected chi connectivity index (χ0v) is 10.7. The number of carbonyl (C=O) groups excluding carboxylic acids is 1. The smallest absolute Gasteiger partial charge is 0.276 e. The quantitative estimate of drug-likeness (QED) is 0.697. The van der Waals surface area contributed by atoms with Crippen LogP contribution in [-0.4, -0.2) is 25.4 Å². The van der Waals surface area contributed by atoms with E-state index < -0.39 is 5.91 Å². The zero-order valence-electron chi connectivity index (χ0n) is 10.7. The number of aromatic nitrogens is 3. The topological polar surface area (TPSA) is 79.5 Å². The lowest BCUT2D eigenvalue weighted by Crippen LogP contribution is -2.12. The van der Waals surface area contributed by atoms with Crippen molar-refractivity contribution in [1.82, 2.24) is 14.4 Å². The number of anilines is 1. The van der Waals surface area contributed by atoms with Crippen LogP contribution in [0.15, 0.2) is 42.9 Å². The third-order valence-electron chi connectivity index (χ3n) is 2.87. The van der Waals surface area contributed by atoms with Crippen LogP contribution in [0.5, 0.6) is 5.75 Å². The molecular weight excluding hydrogens is 256 g/mol. The highest BCUT2D eigenvalue weighted by atomic mass is 16.3. The number of hydrogen-bond acceptors (Lipinski definition) is 4. The SMILES string of the molecule is Cc1ccc(NC(=O)c2cn3cccnc3n2)c(O)c1. The molecule has 0 aliphatic heterocycles. The molecule has 0 saturated heterocycles. The summed E-state index contributed by atoms with van der Waals surface area (Å²) >= 11 is 0. The van der Waals surface area contributed by atoms with Gasteiger partial charge in [0.05, 0.1) is 5.69 Å². The summed E-state index contributed by atoms with van der Waals surface area (Å²) in [5.74, 6) is 0.0840. The predicted molar refractivity (Wildman–Crippen MR) is 73.8 cm³/mol. The van der Waals surface area contributed by atoms with Crippen LogP contribution in [0.25, 0.3) is 5.78 Å². The van der Waals surface area contributed by atoms with Crippen molar-refractivity contribution in [1.29, 1.82) is 0 Å². The fraction of sp³-hybridized carbons (Fsp3) is 0.0714. The minimum atomic E-state index is -0.394. The highest BCUT2D eigenvalue weighted by Gasteiger charge is 2.13. The molecule has 6 heteroatoms. The number of fused-ring (bicyclic) bond motifs is 1. The number of benzene rings is 1. The van der Waals surface area contributed by atoms with Gasteiger partial charge in [-0.3, -0.25) is 9.20 Å². The third-order valence-corrected chi connectivity index (χ3v) is 2.87. The molecule has 2 aromatic heterocycles. The van der Waals surface area contributed by atoms with Crippen LogP contribution in [0.4, 0.5) is 5.69 Å². The molecule has 0 bridgehead atoms. The van der Waals surface area contributed by atoms with Gasteiger partial charge in [-0.1, -0.05) is 6.07 Å². The van der Waals surface area contributed by atoms with Gasteiger partial charge in [-0.2, -0.15) is 0 Å². The number of nitrogens with one attached hydrogen (secondary N) is 1. The first kappa shape index (κ1) is 12.2. The lowest BCUT2D eigenvalue weighted by molar-refractivity contribution is 0.102. The lowest BCUT2D eigenvalue weighted by Gasteiger charge is -2.06. The van der Waals surface area contributed by atoms with Gasteiger partial charge in [-0.15, -0.1) is 0 Å². The highest BCUT2D eigenvalue weighted by Crippen LogP contribution is 2.24. The number of phenols is 1. The number of hydrogen-bond donors (Lipinski definition) is 2. The molecule has 0 unspecified atom stereocenters. The second kappa shape index (κ2) is 4.65. The molecule has 20 heavy (non-hydrogen) atoms. The first-order valence-electron chi connectivity index (χ1n) is 6.04. The third kappa shape index (κ3) is 2.18. The summed E-state index contributed by atoms with van der Waals surface area (Å²) in [6, 6.07) is 6.79. The molecule has 2 heterocycles. The molecule has 2 N–H and O–H groups in total. The zero-order chi connectivity index (χ0) is 14.1. The van der Waals surface area contributed by atoms with Crippen molar-refractivity contribution in [3.05, 3.63) is 54.1 Å². The van der Waals surface area contributed by atoms with Crippen LogP contribution in [0.2, 0.25) is 0 Å². The van der Waals surface area contributed by atoms with Gasteiger partial charge < -0.3 is 10.4 Å². The van der Waals surface area contributed by atoms with E-state index in [-0.39, 0.29) is 11.4 Å². The maximum absolute atomic E-state index is 12.1. The number of nitrogens with zero attached hydrogens (tertiary/aromatic N) is 3. The fourth-order valence-corrected chi connectivity index (χ4v) is 1.87. The number of rotatable bonds is 2. The van der Waals surface area contributed by atoms with Crippen molar-refractivity contribution in [2.24, 2.45) is 0 Å². The molecule has 6 nitrogen and oxygen atoms in total. The molecule has 0 aliphatic rings. The van der Waals surface area contributed by atoms with E-state index in [4.69, 9.17) is 0 Å². The van der Waals surface area contributed by atoms with Crippen molar-refractivity contribution in [3.8, 4) is 5.75 Å². The summed E-state index contributed by atoms with van der Waals surface area (Å²) in [6.45, 7) is 1.86. The molecule has 0 aliphatic carbocycles. The normalized spacial score (nSPS) is 10.7. The van der Waals surface area contributed by atoms with Gasteiger partial charge in [0.1, 0.15) is 11.4 Å². The summed E-state index contributed by atoms with van der Waals surface area (Å²) in [7, 11) is 0. The maximum atomic E-state index is 12.1. The Balaban J connectivity index is 1.89. The Morgan fingerprint density at radius 2 is 2.25 bits per heavy atom. The van der Waals surface area contributed by atoms with E-state index in [0.29, 0.717) is 11.5 Å². The number of carbonyl (C=O) groups is 1. The first-order chi connectivity index (χ1) is 9.63. The molecule has 0 fully saturated rings. The van der Waals surface area contributed by atoms with Crippen LogP contribution >= 0.6 is 0 Å². The van der Waals surface area contributed by atoms with Crippen molar-refractivity contribution in [2.45, 2.75) is 6.92 Å². The summed E-state index contributed by atoms with van der Waals surface area (Å²) in [5, 5.41) is 12.4. The van der Waals surface area contributed by atoms with Crippen LogP contribution < -0.4 is 5.32 Å². The molecule has 0 radical (unpaired) electrons. The second-order valence-electron chi connectivity index (χ2n) is 4.43. The largest absolute Gasteiger partial charge is 0.506 e. The van der Waals surface area contributed by atoms with Gasteiger partial charge >= 0.3 is 0 Å². The van der Waals surface area contributed by atoms with Gasteiger partial charge in [0, 0.05) is 18.6 Å². The van der Waals surface area contributed by atoms with Crippen LogP contribution in [0, 0.1) is 6.92 Å². The van der Waals surface area contributed by atoms with E-state index in [0.717, 1.165) is 5.56 Å². The van der Waals surface area contributed by atoms with Gasteiger partial charge in [0.2, 0.25) is 5.78 Å². The molecule has 0 saturated carbocycles. The number of amides is 1. The lowest BCUT2D eigenvalue weighted by atomic mass is 10.2. The Kier molecular flexibility index (Phi) is 2.83. The molecule has 3 rings (SSSR count). The van der Waals surface area contributed by atoms with E-state index in [9.17, 15) is 9.90 Å². The van der Waals surface area contributed by atoms with E-state index in [1.54, 1.807) is 47.3 Å². The van der Waals surface area contributed by atoms with Gasteiger partial charge in [0.15, 0.2) is 0 Å². The first-order valence-corrected chi connectivity index (χ1v) is 6.04. The standard InChI is InChI=1S/C14H12N4O2/c1-9-3-4-10(12(19)7-9)16-13(20)11-8-18-6-2-5-15-14(18)17-11/h2-8,19H,1H3,(H,16,20). The minimum Gasteiger partial charge on any atom is -0.506 e. The van der Waals surface area contributed by atoms with Crippen molar-refractivity contribution in [2.75, 3.05) is 5.32 Å². The second-order valence-corrected chi connectivity index (χ2v) is 4.43. The van der Waals surface area contributed by atoms with Crippen molar-refractivity contribution in [3.63, 3.8) is 0 Å². The van der Waals surface area contributed by atoms with Gasteiger partial charge in [-0.25, -0.2) is 9.97 Å². The number of aromatic hydroxyl groups is 1. The van der Waals surface area contributed by atoms with Gasteiger partial charge in [-0.05, 0) is 30.7 Å². The molecule has 1 aromatic carbocycles. The molecule has 0 spiro atoms. The van der Waals surface area contributed by atoms with Crippen molar-refractivity contribution >= 4 is 17.4 Å². The Bertz CT molecular complexity index is 762. The monoisotopic (exact) mass is 268 g/mol. The molecule has 1 amide bonds. The molecule has 100 valence electrons. The predicted octanol–water partition coefficient (Wildman–Crippen LogP) is 2.00. The Hall–Kier alpha value is -2.89. The average Bonchev–Trinajstić information content (AvgIpc) is 2.86. The number of phenolic OH excluding ortho intramolecular Hbond substituents is 1. The van der Waals surface area contributed by atoms with Crippen LogP contribution in [-0.2, 0) is 0 Å². The Labute approximate surface area is 114 Å². The van der Waals surface area contributed by atoms with Crippen molar-refractivity contribution < 1.29 is 9.90 Å². The average molecular weight is 268 g/mol. The fourth-order valence-electron chi connectivity index (χ4n) is 1.87. The maximum Gasteiger partial charge on any atom is 0.276 e. The summed E-state index contributed by atoms with van der Waals surface area (Å²) in [4.78, 5) is 20.3. The Morgan fingerprint density at radius 1 is 1.40 bits per heavy atom. The number of aryl methyl sites for hydroxylation is 1. The van der Waals surface area contributed by atoms with E-state index in [1.807, 2.05) is 6.92 Å². The highest BCUT2D eigenvalue weighted by molar-refractivity contribution is 6.03. The van der Waals surface area contributed by atoms with Gasteiger partial charge in [0.25, 0.3) is 5.91 Å². The van der Waals surface area contributed by atoms with Crippen LogP contribution in [0.3, 0.4) is 0 Å².